The quantitative estimate of drug-likeness (QED) is 0.660. The zero-order valence-corrected chi connectivity index (χ0v) is 13.4. The highest BCUT2D eigenvalue weighted by Gasteiger charge is 2.27. The number of amides is 1. The normalized spacial score (nSPS) is 11.8. The lowest BCUT2D eigenvalue weighted by Gasteiger charge is -2.04. The van der Waals surface area contributed by atoms with Crippen LogP contribution in [0.15, 0.2) is 24.7 Å². The number of carbonyl (C=O) groups excluding carboxylic acids is 1. The van der Waals surface area contributed by atoms with Crippen molar-refractivity contribution in [2.75, 3.05) is 0 Å². The van der Waals surface area contributed by atoms with Crippen molar-refractivity contribution in [2.45, 2.75) is 32.2 Å². The lowest BCUT2D eigenvalue weighted by atomic mass is 10.3. The maximum atomic E-state index is 12.2. The first-order valence-electron chi connectivity index (χ1n) is 7.62. The SMILES string of the molecule is NCc1cnn2cc(CNC(=O)c3cnn(CCC(F)(F)F)n3)nc2c1. The summed E-state index contributed by atoms with van der Waals surface area (Å²) in [5.41, 5.74) is 7.46. The Morgan fingerprint density at radius 3 is 2.81 bits per heavy atom. The third-order valence-electron chi connectivity index (χ3n) is 3.46. The summed E-state index contributed by atoms with van der Waals surface area (Å²) in [7, 11) is 0. The fraction of sp³-hybridized carbons (Fsp3) is 0.357. The van der Waals surface area contributed by atoms with Crippen molar-refractivity contribution in [2.24, 2.45) is 5.73 Å². The summed E-state index contributed by atoms with van der Waals surface area (Å²) in [6.45, 7) is 0.000348. The van der Waals surface area contributed by atoms with Crippen molar-refractivity contribution in [1.82, 2.24) is 34.9 Å². The van der Waals surface area contributed by atoms with Crippen LogP contribution in [-0.4, -0.2) is 41.7 Å². The van der Waals surface area contributed by atoms with Gasteiger partial charge in [0, 0.05) is 6.54 Å². The molecule has 9 nitrogen and oxygen atoms in total. The Hall–Kier alpha value is -3.02. The number of rotatable bonds is 6. The minimum atomic E-state index is -4.31. The van der Waals surface area contributed by atoms with Crippen LogP contribution in [0.4, 0.5) is 13.2 Å². The third kappa shape index (κ3) is 4.33. The van der Waals surface area contributed by atoms with E-state index in [-0.39, 0.29) is 12.2 Å². The van der Waals surface area contributed by atoms with E-state index in [1.165, 1.54) is 0 Å². The minimum absolute atomic E-state index is 0.0699. The number of alkyl halides is 3. The van der Waals surface area contributed by atoms with Crippen molar-refractivity contribution >= 4 is 11.6 Å². The van der Waals surface area contributed by atoms with Gasteiger partial charge in [-0.2, -0.15) is 28.2 Å². The van der Waals surface area contributed by atoms with E-state index in [9.17, 15) is 18.0 Å². The highest BCUT2D eigenvalue weighted by Crippen LogP contribution is 2.19. The molecule has 12 heteroatoms. The van der Waals surface area contributed by atoms with Crippen LogP contribution in [0, 0.1) is 0 Å². The van der Waals surface area contributed by atoms with Gasteiger partial charge in [-0.25, -0.2) is 9.50 Å². The summed E-state index contributed by atoms with van der Waals surface area (Å²) in [4.78, 5) is 17.2. The number of aromatic nitrogens is 6. The molecule has 3 rings (SSSR count). The summed E-state index contributed by atoms with van der Waals surface area (Å²) in [6.07, 6.45) is -0.990. The molecule has 1 amide bonds. The Morgan fingerprint density at radius 2 is 2.08 bits per heavy atom. The first-order valence-corrected chi connectivity index (χ1v) is 7.62. The van der Waals surface area contributed by atoms with E-state index in [0.29, 0.717) is 17.9 Å². The van der Waals surface area contributed by atoms with Crippen molar-refractivity contribution < 1.29 is 18.0 Å². The van der Waals surface area contributed by atoms with Crippen molar-refractivity contribution in [1.29, 1.82) is 0 Å². The van der Waals surface area contributed by atoms with Crippen LogP contribution in [0.3, 0.4) is 0 Å². The van der Waals surface area contributed by atoms with Gasteiger partial charge < -0.3 is 11.1 Å². The second-order valence-corrected chi connectivity index (χ2v) is 5.48. The van der Waals surface area contributed by atoms with Gasteiger partial charge in [0.2, 0.25) is 0 Å². The monoisotopic (exact) mass is 368 g/mol. The summed E-state index contributed by atoms with van der Waals surface area (Å²) < 4.78 is 38.1. The second-order valence-electron chi connectivity index (χ2n) is 5.48. The Bertz CT molecular complexity index is 916. The molecule has 0 spiro atoms. The van der Waals surface area contributed by atoms with E-state index < -0.39 is 25.0 Å². The molecule has 0 saturated carbocycles. The lowest BCUT2D eigenvalue weighted by molar-refractivity contribution is -0.137. The second kappa shape index (κ2) is 7.07. The number of hydrogen-bond donors (Lipinski definition) is 2. The van der Waals surface area contributed by atoms with Crippen LogP contribution < -0.4 is 11.1 Å². The van der Waals surface area contributed by atoms with Gasteiger partial charge in [-0.3, -0.25) is 4.79 Å². The fourth-order valence-corrected chi connectivity index (χ4v) is 2.16. The van der Waals surface area contributed by atoms with E-state index in [1.54, 1.807) is 23.0 Å². The molecule has 0 unspecified atom stereocenters. The van der Waals surface area contributed by atoms with E-state index in [2.05, 4.69) is 25.6 Å². The van der Waals surface area contributed by atoms with Crippen molar-refractivity contribution in [3.8, 4) is 0 Å². The molecule has 0 bridgehead atoms. The summed E-state index contributed by atoms with van der Waals surface area (Å²) >= 11 is 0. The zero-order valence-electron chi connectivity index (χ0n) is 13.4. The first kappa shape index (κ1) is 17.8. The van der Waals surface area contributed by atoms with Crippen LogP contribution in [0.25, 0.3) is 5.65 Å². The molecule has 3 aromatic rings. The first-order chi connectivity index (χ1) is 12.3. The van der Waals surface area contributed by atoms with Crippen LogP contribution in [0.5, 0.6) is 0 Å². The van der Waals surface area contributed by atoms with Crippen LogP contribution in [0.1, 0.15) is 28.2 Å². The zero-order chi connectivity index (χ0) is 18.7. The molecule has 26 heavy (non-hydrogen) atoms. The highest BCUT2D eigenvalue weighted by atomic mass is 19.4. The van der Waals surface area contributed by atoms with Gasteiger partial charge in [-0.15, -0.1) is 5.10 Å². The van der Waals surface area contributed by atoms with Gasteiger partial charge in [0.25, 0.3) is 5.91 Å². The Balaban J connectivity index is 1.59. The molecular formula is C14H15F3N8O. The summed E-state index contributed by atoms with van der Waals surface area (Å²) in [5, 5.41) is 14.1. The number of carbonyl (C=O) groups is 1. The smallest absolute Gasteiger partial charge is 0.345 e. The maximum Gasteiger partial charge on any atom is 0.390 e. The van der Waals surface area contributed by atoms with Crippen molar-refractivity contribution in [3.63, 3.8) is 0 Å². The molecular weight excluding hydrogens is 353 g/mol. The summed E-state index contributed by atoms with van der Waals surface area (Å²) in [5.74, 6) is -0.559. The lowest BCUT2D eigenvalue weighted by Crippen LogP contribution is -2.23. The fourth-order valence-electron chi connectivity index (χ4n) is 2.16. The number of nitrogens with two attached hydrogens (primary N) is 1. The number of imidazole rings is 1. The standard InChI is InChI=1S/C14H15F3N8O/c15-14(16,17)1-2-25-21-7-11(23-25)13(26)19-6-10-8-24-12(22-10)3-9(4-18)5-20-24/h3,5,7-8H,1-2,4,6,18H2,(H,19,26). The molecule has 3 heterocycles. The predicted octanol–water partition coefficient (Wildman–Crippen LogP) is 0.662. The van der Waals surface area contributed by atoms with E-state index >= 15 is 0 Å². The van der Waals surface area contributed by atoms with Gasteiger partial charge in [-0.05, 0) is 11.6 Å². The molecule has 0 radical (unpaired) electrons. The van der Waals surface area contributed by atoms with Gasteiger partial charge in [0.1, 0.15) is 0 Å². The van der Waals surface area contributed by atoms with Gasteiger partial charge in [-0.1, -0.05) is 0 Å². The number of fused-ring (bicyclic) bond motifs is 1. The predicted molar refractivity (Wildman–Crippen MR) is 82.7 cm³/mol. The van der Waals surface area contributed by atoms with E-state index in [1.807, 2.05) is 0 Å². The van der Waals surface area contributed by atoms with Gasteiger partial charge >= 0.3 is 6.18 Å². The Labute approximate surface area is 145 Å². The molecule has 0 aliphatic heterocycles. The molecule has 3 aromatic heterocycles. The molecule has 0 atom stereocenters. The molecule has 0 fully saturated rings. The molecule has 138 valence electrons. The highest BCUT2D eigenvalue weighted by molar-refractivity contribution is 5.91. The molecule has 0 aromatic carbocycles. The number of nitrogens with one attached hydrogen (secondary N) is 1. The molecule has 0 saturated heterocycles. The van der Waals surface area contributed by atoms with Crippen LogP contribution in [0.2, 0.25) is 0 Å². The average Bonchev–Trinajstić information content (AvgIpc) is 3.23. The van der Waals surface area contributed by atoms with Crippen molar-refractivity contribution in [3.05, 3.63) is 41.6 Å². The Morgan fingerprint density at radius 1 is 1.27 bits per heavy atom. The number of aryl methyl sites for hydroxylation is 1. The number of nitrogens with zero attached hydrogens (tertiary/aromatic N) is 6. The summed E-state index contributed by atoms with van der Waals surface area (Å²) in [6, 6.07) is 1.78. The molecule has 3 N–H and O–H groups in total. The van der Waals surface area contributed by atoms with Gasteiger partial charge in [0.05, 0.1) is 43.8 Å². The number of hydrogen-bond acceptors (Lipinski definition) is 6. The van der Waals surface area contributed by atoms with Gasteiger partial charge in [0.15, 0.2) is 11.3 Å². The Kier molecular flexibility index (Phi) is 4.84. The third-order valence-corrected chi connectivity index (χ3v) is 3.46. The molecule has 0 aliphatic carbocycles. The van der Waals surface area contributed by atoms with Crippen LogP contribution >= 0.6 is 0 Å². The minimum Gasteiger partial charge on any atom is -0.345 e. The average molecular weight is 368 g/mol. The number of halogens is 3. The maximum absolute atomic E-state index is 12.2. The van der Waals surface area contributed by atoms with E-state index in [0.717, 1.165) is 16.6 Å². The largest absolute Gasteiger partial charge is 0.390 e. The van der Waals surface area contributed by atoms with Crippen LogP contribution in [-0.2, 0) is 19.6 Å². The topological polar surface area (TPSA) is 116 Å². The molecule has 0 aliphatic rings. The van der Waals surface area contributed by atoms with E-state index in [4.69, 9.17) is 5.73 Å².